The summed E-state index contributed by atoms with van der Waals surface area (Å²) in [5.41, 5.74) is 2.78. The Morgan fingerprint density at radius 3 is 2.23 bits per heavy atom. The Balaban J connectivity index is 2.35. The highest BCUT2D eigenvalue weighted by Gasteiger charge is 2.29. The third kappa shape index (κ3) is 4.99. The predicted octanol–water partition coefficient (Wildman–Crippen LogP) is 4.51. The molecule has 1 amide bonds. The monoisotopic (exact) mass is 458 g/mol. The van der Waals surface area contributed by atoms with Crippen LogP contribution < -0.4 is 9.62 Å². The number of aryl methyl sites for hydroxylation is 2. The molecule has 0 fully saturated rings. The molecule has 5 nitrogen and oxygen atoms in total. The van der Waals surface area contributed by atoms with Gasteiger partial charge in [0.2, 0.25) is 15.9 Å². The van der Waals surface area contributed by atoms with Crippen LogP contribution in [0.2, 0.25) is 5.02 Å². The third-order valence-corrected chi connectivity index (χ3v) is 6.21. The molecule has 2 aromatic rings. The van der Waals surface area contributed by atoms with E-state index in [1.165, 1.54) is 0 Å². The number of hydrogen-bond donors (Lipinski definition) is 1. The summed E-state index contributed by atoms with van der Waals surface area (Å²) >= 11 is 9.32. The number of carbonyl (C=O) groups is 1. The molecule has 2 aromatic carbocycles. The van der Waals surface area contributed by atoms with Gasteiger partial charge in [0.25, 0.3) is 0 Å². The van der Waals surface area contributed by atoms with Crippen LogP contribution in [0, 0.1) is 13.8 Å². The Bertz CT molecular complexity index is 927. The second-order valence-electron chi connectivity index (χ2n) is 6.20. The Hall–Kier alpha value is -1.57. The smallest absolute Gasteiger partial charge is 0.247 e. The molecular weight excluding hydrogens is 440 g/mol. The van der Waals surface area contributed by atoms with E-state index in [2.05, 4.69) is 21.2 Å². The van der Waals surface area contributed by atoms with Gasteiger partial charge in [-0.2, -0.15) is 0 Å². The van der Waals surface area contributed by atoms with E-state index in [1.807, 2.05) is 19.9 Å². The number of halogens is 2. The van der Waals surface area contributed by atoms with E-state index in [0.29, 0.717) is 20.9 Å². The lowest BCUT2D eigenvalue weighted by atomic mass is 10.1. The largest absolute Gasteiger partial charge is 0.324 e. The highest BCUT2D eigenvalue weighted by atomic mass is 79.9. The van der Waals surface area contributed by atoms with E-state index in [4.69, 9.17) is 11.6 Å². The van der Waals surface area contributed by atoms with Gasteiger partial charge < -0.3 is 5.32 Å². The molecule has 0 heterocycles. The molecule has 140 valence electrons. The molecule has 0 aliphatic heterocycles. The Morgan fingerprint density at radius 1 is 1.15 bits per heavy atom. The average molecular weight is 460 g/mol. The number of rotatable bonds is 5. The fourth-order valence-corrected chi connectivity index (χ4v) is 4.29. The van der Waals surface area contributed by atoms with Crippen LogP contribution in [0.3, 0.4) is 0 Å². The minimum absolute atomic E-state index is 0.449. The molecule has 1 atom stereocenters. The van der Waals surface area contributed by atoms with Gasteiger partial charge >= 0.3 is 0 Å². The maximum absolute atomic E-state index is 12.7. The van der Waals surface area contributed by atoms with Crippen molar-refractivity contribution >= 4 is 54.8 Å². The minimum Gasteiger partial charge on any atom is -0.324 e. The fraction of sp³-hybridized carbons (Fsp3) is 0.278. The van der Waals surface area contributed by atoms with Crippen molar-refractivity contribution in [2.24, 2.45) is 0 Å². The van der Waals surface area contributed by atoms with Crippen LogP contribution in [0.4, 0.5) is 11.4 Å². The number of benzene rings is 2. The molecule has 0 radical (unpaired) electrons. The van der Waals surface area contributed by atoms with Gasteiger partial charge in [0.05, 0.1) is 17.0 Å². The van der Waals surface area contributed by atoms with Crippen molar-refractivity contribution in [3.63, 3.8) is 0 Å². The van der Waals surface area contributed by atoms with Crippen molar-refractivity contribution in [2.75, 3.05) is 15.9 Å². The zero-order chi connectivity index (χ0) is 19.6. The van der Waals surface area contributed by atoms with Crippen LogP contribution >= 0.6 is 27.5 Å². The lowest BCUT2D eigenvalue weighted by Crippen LogP contribution is -2.45. The van der Waals surface area contributed by atoms with Crippen molar-refractivity contribution in [2.45, 2.75) is 26.8 Å². The summed E-state index contributed by atoms with van der Waals surface area (Å²) in [5.74, 6) is -0.451. The first-order chi connectivity index (χ1) is 12.0. The van der Waals surface area contributed by atoms with E-state index in [0.717, 1.165) is 21.7 Å². The summed E-state index contributed by atoms with van der Waals surface area (Å²) in [4.78, 5) is 12.7. The second-order valence-corrected chi connectivity index (χ2v) is 9.32. The van der Waals surface area contributed by atoms with Crippen molar-refractivity contribution in [3.05, 3.63) is 57.0 Å². The Kier molecular flexibility index (Phi) is 6.37. The van der Waals surface area contributed by atoms with Gasteiger partial charge in [-0.05, 0) is 78.2 Å². The number of nitrogens with one attached hydrogen (secondary N) is 1. The normalized spacial score (nSPS) is 12.5. The highest BCUT2D eigenvalue weighted by Crippen LogP contribution is 2.27. The third-order valence-electron chi connectivity index (χ3n) is 3.74. The van der Waals surface area contributed by atoms with Crippen LogP contribution in [0.25, 0.3) is 0 Å². The van der Waals surface area contributed by atoms with E-state index in [9.17, 15) is 13.2 Å². The van der Waals surface area contributed by atoms with Gasteiger partial charge in [-0.3, -0.25) is 9.10 Å². The van der Waals surface area contributed by atoms with Gasteiger partial charge in [-0.25, -0.2) is 8.42 Å². The Morgan fingerprint density at radius 2 is 1.73 bits per heavy atom. The number of nitrogens with zero attached hydrogens (tertiary/aromatic N) is 1. The molecule has 0 saturated carbocycles. The molecular formula is C18H20BrClN2O3S. The second kappa shape index (κ2) is 7.98. The SMILES string of the molecule is Cc1cc(C)cc(N(C(C)C(=O)Nc2ccc(Br)c(Cl)c2)S(C)(=O)=O)c1. The highest BCUT2D eigenvalue weighted by molar-refractivity contribution is 9.10. The fourth-order valence-electron chi connectivity index (χ4n) is 2.71. The van der Waals surface area contributed by atoms with Gasteiger partial charge in [-0.1, -0.05) is 17.7 Å². The number of anilines is 2. The lowest BCUT2D eigenvalue weighted by Gasteiger charge is -2.28. The van der Waals surface area contributed by atoms with Crippen molar-refractivity contribution in [3.8, 4) is 0 Å². The zero-order valence-corrected chi connectivity index (χ0v) is 18.0. The zero-order valence-electron chi connectivity index (χ0n) is 14.9. The van der Waals surface area contributed by atoms with Gasteiger partial charge in [0.1, 0.15) is 6.04 Å². The number of sulfonamides is 1. The summed E-state index contributed by atoms with van der Waals surface area (Å²) in [6.45, 7) is 5.31. The van der Waals surface area contributed by atoms with Crippen molar-refractivity contribution in [1.29, 1.82) is 0 Å². The molecule has 0 aromatic heterocycles. The van der Waals surface area contributed by atoms with Crippen molar-refractivity contribution < 1.29 is 13.2 Å². The molecule has 0 aliphatic rings. The molecule has 26 heavy (non-hydrogen) atoms. The Labute approximate surface area is 167 Å². The summed E-state index contributed by atoms with van der Waals surface area (Å²) in [6.07, 6.45) is 1.09. The average Bonchev–Trinajstić information content (AvgIpc) is 2.48. The first-order valence-corrected chi connectivity index (χ1v) is 10.8. The van der Waals surface area contributed by atoms with Crippen LogP contribution in [-0.4, -0.2) is 26.6 Å². The summed E-state index contributed by atoms with van der Waals surface area (Å²) in [7, 11) is -3.66. The number of hydrogen-bond acceptors (Lipinski definition) is 3. The van der Waals surface area contributed by atoms with Gasteiger partial charge in [0.15, 0.2) is 0 Å². The van der Waals surface area contributed by atoms with Crippen LogP contribution in [0.1, 0.15) is 18.1 Å². The van der Waals surface area contributed by atoms with E-state index in [-0.39, 0.29) is 0 Å². The quantitative estimate of drug-likeness (QED) is 0.715. The van der Waals surface area contributed by atoms with E-state index >= 15 is 0 Å². The molecule has 0 spiro atoms. The maximum atomic E-state index is 12.7. The van der Waals surface area contributed by atoms with E-state index < -0.39 is 22.0 Å². The molecule has 1 unspecified atom stereocenters. The van der Waals surface area contributed by atoms with Crippen LogP contribution in [0.15, 0.2) is 40.9 Å². The predicted molar refractivity (Wildman–Crippen MR) is 110 cm³/mol. The van der Waals surface area contributed by atoms with Crippen LogP contribution in [0.5, 0.6) is 0 Å². The minimum atomic E-state index is -3.66. The summed E-state index contributed by atoms with van der Waals surface area (Å²) < 4.78 is 26.6. The van der Waals surface area contributed by atoms with Crippen LogP contribution in [-0.2, 0) is 14.8 Å². The first kappa shape index (κ1) is 20.7. The first-order valence-electron chi connectivity index (χ1n) is 7.82. The number of carbonyl (C=O) groups excluding carboxylic acids is 1. The maximum Gasteiger partial charge on any atom is 0.247 e. The van der Waals surface area contributed by atoms with Crippen molar-refractivity contribution in [1.82, 2.24) is 0 Å². The molecule has 2 rings (SSSR count). The topological polar surface area (TPSA) is 66.5 Å². The summed E-state index contributed by atoms with van der Waals surface area (Å²) in [5, 5.41) is 3.16. The molecule has 0 bridgehead atoms. The van der Waals surface area contributed by atoms with Gasteiger partial charge in [0, 0.05) is 10.2 Å². The number of amides is 1. The molecule has 8 heteroatoms. The van der Waals surface area contributed by atoms with Gasteiger partial charge in [-0.15, -0.1) is 0 Å². The molecule has 0 saturated heterocycles. The molecule has 0 aliphatic carbocycles. The molecule has 1 N–H and O–H groups in total. The standard InChI is InChI=1S/C18H20BrClN2O3S/c1-11-7-12(2)9-15(8-11)22(26(4,24)25)13(3)18(23)21-14-5-6-16(19)17(20)10-14/h5-10,13H,1-4H3,(H,21,23). The van der Waals surface area contributed by atoms with E-state index in [1.54, 1.807) is 37.3 Å². The lowest BCUT2D eigenvalue weighted by molar-refractivity contribution is -0.116. The summed E-state index contributed by atoms with van der Waals surface area (Å²) in [6, 6.07) is 9.48.